The molecule has 0 aromatic heterocycles. The third kappa shape index (κ3) is 4.58. The molecule has 1 unspecified atom stereocenters. The Morgan fingerprint density at radius 3 is 2.43 bits per heavy atom. The van der Waals surface area contributed by atoms with Gasteiger partial charge < -0.3 is 0 Å². The van der Waals surface area contributed by atoms with E-state index in [0.29, 0.717) is 6.42 Å². The van der Waals surface area contributed by atoms with Gasteiger partial charge >= 0.3 is 0 Å². The predicted molar refractivity (Wildman–Crippen MR) is 56.1 cm³/mol. The van der Waals surface area contributed by atoms with E-state index in [1.165, 1.54) is 7.05 Å². The van der Waals surface area contributed by atoms with Crippen molar-refractivity contribution in [3.05, 3.63) is 0 Å². The summed E-state index contributed by atoms with van der Waals surface area (Å²) in [4.78, 5) is 0. The minimum atomic E-state index is -3.41. The van der Waals surface area contributed by atoms with Crippen molar-refractivity contribution >= 4 is 10.0 Å². The lowest BCUT2D eigenvalue weighted by atomic mass is 10.1. The molecule has 1 atom stereocenters. The molecule has 14 heavy (non-hydrogen) atoms. The molecule has 0 saturated heterocycles. The van der Waals surface area contributed by atoms with Gasteiger partial charge in [-0.3, -0.25) is 0 Å². The van der Waals surface area contributed by atoms with E-state index in [0.717, 1.165) is 25.7 Å². The first-order valence-corrected chi connectivity index (χ1v) is 6.45. The van der Waals surface area contributed by atoms with Crippen molar-refractivity contribution in [3.63, 3.8) is 0 Å². The van der Waals surface area contributed by atoms with Crippen LogP contribution < -0.4 is 4.72 Å². The summed E-state index contributed by atoms with van der Waals surface area (Å²) in [6.45, 7) is 2.09. The molecule has 4 nitrogen and oxygen atoms in total. The van der Waals surface area contributed by atoms with Crippen molar-refractivity contribution in [1.82, 2.24) is 4.72 Å². The molecule has 0 bridgehead atoms. The van der Waals surface area contributed by atoms with E-state index in [9.17, 15) is 8.42 Å². The molecule has 0 aliphatic heterocycles. The maximum atomic E-state index is 11.3. The van der Waals surface area contributed by atoms with E-state index >= 15 is 0 Å². The van der Waals surface area contributed by atoms with Crippen LogP contribution in [0.4, 0.5) is 0 Å². The average Bonchev–Trinajstić information content (AvgIpc) is 2.17. The number of unbranched alkanes of at least 4 members (excludes halogenated alkanes) is 3. The summed E-state index contributed by atoms with van der Waals surface area (Å²) in [5.41, 5.74) is 0. The highest BCUT2D eigenvalue weighted by atomic mass is 32.2. The molecule has 0 saturated carbocycles. The Morgan fingerprint density at radius 2 is 2.00 bits per heavy atom. The summed E-state index contributed by atoms with van der Waals surface area (Å²) < 4.78 is 24.7. The van der Waals surface area contributed by atoms with Gasteiger partial charge in [0.05, 0.1) is 6.07 Å². The van der Waals surface area contributed by atoms with Gasteiger partial charge in [0.15, 0.2) is 5.25 Å². The highest BCUT2D eigenvalue weighted by molar-refractivity contribution is 7.90. The van der Waals surface area contributed by atoms with Crippen molar-refractivity contribution in [2.45, 2.75) is 44.3 Å². The normalized spacial score (nSPS) is 13.5. The number of nitrogens with zero attached hydrogens (tertiary/aromatic N) is 1. The van der Waals surface area contributed by atoms with E-state index in [4.69, 9.17) is 5.26 Å². The molecular weight excluding hydrogens is 200 g/mol. The maximum absolute atomic E-state index is 11.3. The van der Waals surface area contributed by atoms with Crippen molar-refractivity contribution < 1.29 is 8.42 Å². The minimum Gasteiger partial charge on any atom is -0.217 e. The molecule has 5 heteroatoms. The van der Waals surface area contributed by atoms with Gasteiger partial charge in [-0.25, -0.2) is 13.1 Å². The van der Waals surface area contributed by atoms with Gasteiger partial charge in [-0.15, -0.1) is 0 Å². The molecule has 0 aromatic carbocycles. The van der Waals surface area contributed by atoms with Crippen LogP contribution in [0.3, 0.4) is 0 Å². The van der Waals surface area contributed by atoms with Gasteiger partial charge in [0.2, 0.25) is 10.0 Å². The van der Waals surface area contributed by atoms with E-state index in [-0.39, 0.29) is 0 Å². The molecule has 1 N–H and O–H groups in total. The lowest BCUT2D eigenvalue weighted by molar-refractivity contribution is 0.567. The van der Waals surface area contributed by atoms with Gasteiger partial charge in [0, 0.05) is 0 Å². The molecule has 0 amide bonds. The molecule has 0 fully saturated rings. The molecule has 0 aromatic rings. The van der Waals surface area contributed by atoms with Crippen LogP contribution in [-0.4, -0.2) is 20.7 Å². The number of rotatable bonds is 7. The standard InChI is InChI=1S/C9H18N2O2S/c1-3-4-5-6-7-9(8-10)14(12,13)11-2/h9,11H,3-7H2,1-2H3. The molecule has 0 heterocycles. The van der Waals surface area contributed by atoms with E-state index in [1.54, 1.807) is 0 Å². The zero-order chi connectivity index (χ0) is 11.0. The lowest BCUT2D eigenvalue weighted by Gasteiger charge is -2.08. The molecule has 82 valence electrons. The Kier molecular flexibility index (Phi) is 6.50. The lowest BCUT2D eigenvalue weighted by Crippen LogP contribution is -2.30. The molecular formula is C9H18N2O2S. The Morgan fingerprint density at radius 1 is 1.36 bits per heavy atom. The van der Waals surface area contributed by atoms with Gasteiger partial charge in [0.1, 0.15) is 0 Å². The first-order chi connectivity index (χ1) is 6.58. The highest BCUT2D eigenvalue weighted by Crippen LogP contribution is 2.10. The van der Waals surface area contributed by atoms with E-state index < -0.39 is 15.3 Å². The van der Waals surface area contributed by atoms with Crippen LogP contribution in [-0.2, 0) is 10.0 Å². The summed E-state index contributed by atoms with van der Waals surface area (Å²) in [6, 6.07) is 1.82. The van der Waals surface area contributed by atoms with E-state index in [2.05, 4.69) is 11.6 Å². The van der Waals surface area contributed by atoms with Crippen molar-refractivity contribution in [1.29, 1.82) is 5.26 Å². The van der Waals surface area contributed by atoms with Crippen molar-refractivity contribution in [2.24, 2.45) is 0 Å². The zero-order valence-electron chi connectivity index (χ0n) is 8.78. The fourth-order valence-corrected chi connectivity index (χ4v) is 2.09. The number of hydrogen-bond donors (Lipinski definition) is 1. The largest absolute Gasteiger partial charge is 0.227 e. The third-order valence-electron chi connectivity index (χ3n) is 2.12. The fourth-order valence-electron chi connectivity index (χ4n) is 1.19. The monoisotopic (exact) mass is 218 g/mol. The minimum absolute atomic E-state index is 0.430. The third-order valence-corrected chi connectivity index (χ3v) is 3.78. The van der Waals surface area contributed by atoms with Gasteiger partial charge in [0.25, 0.3) is 0 Å². The topological polar surface area (TPSA) is 70.0 Å². The number of sulfonamides is 1. The second kappa shape index (κ2) is 6.80. The summed E-state index contributed by atoms with van der Waals surface area (Å²) >= 11 is 0. The van der Waals surface area contributed by atoms with Gasteiger partial charge in [-0.2, -0.15) is 5.26 Å². The molecule has 0 aliphatic carbocycles. The van der Waals surface area contributed by atoms with Crippen LogP contribution >= 0.6 is 0 Å². The first kappa shape index (κ1) is 13.4. The molecule has 0 spiro atoms. The van der Waals surface area contributed by atoms with Crippen LogP contribution in [0.25, 0.3) is 0 Å². The number of hydrogen-bond acceptors (Lipinski definition) is 3. The van der Waals surface area contributed by atoms with Gasteiger partial charge in [-0.1, -0.05) is 32.6 Å². The number of nitriles is 1. The van der Waals surface area contributed by atoms with Crippen molar-refractivity contribution in [3.8, 4) is 6.07 Å². The first-order valence-electron chi connectivity index (χ1n) is 4.90. The second-order valence-corrected chi connectivity index (χ2v) is 5.28. The Bertz CT molecular complexity index is 280. The van der Waals surface area contributed by atoms with Crippen LogP contribution in [0.1, 0.15) is 39.0 Å². The van der Waals surface area contributed by atoms with Crippen LogP contribution in [0.2, 0.25) is 0 Å². The predicted octanol–water partition coefficient (Wildman–Crippen LogP) is 1.40. The molecule has 0 radical (unpaired) electrons. The quantitative estimate of drug-likeness (QED) is 0.657. The fraction of sp³-hybridized carbons (Fsp3) is 0.889. The van der Waals surface area contributed by atoms with Crippen LogP contribution in [0.5, 0.6) is 0 Å². The Labute approximate surface area is 86.4 Å². The summed E-state index contributed by atoms with van der Waals surface area (Å²) in [5, 5.41) is 7.78. The Balaban J connectivity index is 4.01. The smallest absolute Gasteiger partial charge is 0.217 e. The SMILES string of the molecule is CCCCCCC(C#N)S(=O)(=O)NC. The Hall–Kier alpha value is -0.600. The van der Waals surface area contributed by atoms with Crippen molar-refractivity contribution in [2.75, 3.05) is 7.05 Å². The second-order valence-electron chi connectivity index (χ2n) is 3.22. The molecule has 0 rings (SSSR count). The molecule has 0 aliphatic rings. The highest BCUT2D eigenvalue weighted by Gasteiger charge is 2.22. The summed E-state index contributed by atoms with van der Waals surface area (Å²) in [6.07, 6.45) is 4.42. The summed E-state index contributed by atoms with van der Waals surface area (Å²) in [7, 11) is -2.07. The number of nitrogens with one attached hydrogen (secondary N) is 1. The zero-order valence-corrected chi connectivity index (χ0v) is 9.60. The van der Waals surface area contributed by atoms with Gasteiger partial charge in [-0.05, 0) is 13.5 Å². The average molecular weight is 218 g/mol. The maximum Gasteiger partial charge on any atom is 0.227 e. The van der Waals surface area contributed by atoms with Crippen LogP contribution in [0, 0.1) is 11.3 Å². The van der Waals surface area contributed by atoms with E-state index in [1.807, 2.05) is 6.07 Å². The summed E-state index contributed by atoms with van der Waals surface area (Å²) in [5.74, 6) is 0. The van der Waals surface area contributed by atoms with Crippen LogP contribution in [0.15, 0.2) is 0 Å².